The van der Waals surface area contributed by atoms with Gasteiger partial charge in [0.15, 0.2) is 18.1 Å². The predicted octanol–water partition coefficient (Wildman–Crippen LogP) is 3.95. The largest absolute Gasteiger partial charge is 0.493 e. The molecule has 0 saturated carbocycles. The highest BCUT2D eigenvalue weighted by Crippen LogP contribution is 2.42. The van der Waals surface area contributed by atoms with Crippen molar-refractivity contribution in [3.05, 3.63) is 53.6 Å². The zero-order chi connectivity index (χ0) is 25.8. The summed E-state index contributed by atoms with van der Waals surface area (Å²) < 4.78 is 16.3. The molecule has 2 amide bonds. The van der Waals surface area contributed by atoms with Crippen molar-refractivity contribution in [3.8, 4) is 11.5 Å². The number of amides is 2. The third-order valence-corrected chi connectivity index (χ3v) is 5.82. The second-order valence-corrected chi connectivity index (χ2v) is 9.71. The Kier molecular flexibility index (Phi) is 8.04. The molecule has 0 radical (unpaired) electrons. The lowest BCUT2D eigenvalue weighted by Crippen LogP contribution is -2.47. The maximum Gasteiger partial charge on any atom is 0.311 e. The van der Waals surface area contributed by atoms with Crippen LogP contribution in [-0.4, -0.2) is 44.1 Å². The maximum absolute atomic E-state index is 13.3. The van der Waals surface area contributed by atoms with Gasteiger partial charge < -0.3 is 24.4 Å². The number of hydrogen-bond donors (Lipinski definition) is 1. The molecule has 1 saturated heterocycles. The second-order valence-electron chi connectivity index (χ2n) is 9.71. The molecule has 3 rings (SSSR count). The fourth-order valence-electron chi connectivity index (χ4n) is 4.27. The zero-order valence-electron chi connectivity index (χ0n) is 21.2. The van der Waals surface area contributed by atoms with Crippen molar-refractivity contribution in [2.75, 3.05) is 25.7 Å². The number of piperidine rings is 1. The number of nitrogens with one attached hydrogen (secondary N) is 1. The lowest BCUT2D eigenvalue weighted by Gasteiger charge is -2.40. The number of anilines is 1. The maximum atomic E-state index is 13.3. The molecule has 2 atom stereocenters. The van der Waals surface area contributed by atoms with Gasteiger partial charge in [0.05, 0.1) is 26.2 Å². The highest BCUT2D eigenvalue weighted by molar-refractivity contribution is 5.97. The molecule has 8 heteroatoms. The minimum absolute atomic E-state index is 0.0943. The summed E-state index contributed by atoms with van der Waals surface area (Å²) in [4.78, 5) is 40.3. The van der Waals surface area contributed by atoms with Crippen LogP contribution in [0.25, 0.3) is 0 Å². The Morgan fingerprint density at radius 1 is 1.03 bits per heavy atom. The van der Waals surface area contributed by atoms with Crippen LogP contribution in [0.15, 0.2) is 42.5 Å². The van der Waals surface area contributed by atoms with Crippen LogP contribution in [0.4, 0.5) is 5.69 Å². The molecule has 2 aromatic rings. The summed E-state index contributed by atoms with van der Waals surface area (Å²) in [6.45, 7) is 7.14. The van der Waals surface area contributed by atoms with Gasteiger partial charge in [0.1, 0.15) is 0 Å². The molecule has 188 valence electrons. The number of rotatable bonds is 7. The van der Waals surface area contributed by atoms with E-state index in [1.165, 1.54) is 7.11 Å². The third kappa shape index (κ3) is 6.32. The summed E-state index contributed by atoms with van der Waals surface area (Å²) in [7, 11) is 3.08. The number of aryl methyl sites for hydroxylation is 1. The van der Waals surface area contributed by atoms with E-state index in [9.17, 15) is 14.4 Å². The molecule has 0 aromatic heterocycles. The number of carbonyl (C=O) groups is 3. The Morgan fingerprint density at radius 2 is 1.69 bits per heavy atom. The standard InChI is InChI=1S/C27H34N2O6/c1-17-7-10-19(11-8-17)29-24(31)14-12-20(26(32)35-16-23(30)28-27(2,3)4)25(29)18-9-13-21(33-5)22(15-18)34-6/h7-11,13,15,20,25H,12,14,16H2,1-6H3,(H,28,30)/t20-,25-/m1/s1. The molecule has 8 nitrogen and oxygen atoms in total. The normalized spacial score (nSPS) is 18.1. The minimum atomic E-state index is -0.672. The molecular formula is C27H34N2O6. The van der Waals surface area contributed by atoms with Gasteiger partial charge in [0.25, 0.3) is 5.91 Å². The van der Waals surface area contributed by atoms with Gasteiger partial charge in [-0.15, -0.1) is 0 Å². The molecule has 1 aliphatic heterocycles. The van der Waals surface area contributed by atoms with Crippen molar-refractivity contribution >= 4 is 23.5 Å². The van der Waals surface area contributed by atoms with Crippen LogP contribution >= 0.6 is 0 Å². The number of methoxy groups -OCH3 is 2. The van der Waals surface area contributed by atoms with Crippen molar-refractivity contribution in [2.45, 2.75) is 52.1 Å². The van der Waals surface area contributed by atoms with Gasteiger partial charge >= 0.3 is 5.97 Å². The van der Waals surface area contributed by atoms with E-state index in [1.807, 2.05) is 58.0 Å². The SMILES string of the molecule is COc1ccc([C@@H]2[C@H](C(=O)OCC(=O)NC(C)(C)C)CCC(=O)N2c2ccc(C)cc2)cc1OC. The summed E-state index contributed by atoms with van der Waals surface area (Å²) in [5.41, 5.74) is 2.01. The first-order valence-corrected chi connectivity index (χ1v) is 11.6. The smallest absolute Gasteiger partial charge is 0.311 e. The first-order valence-electron chi connectivity index (χ1n) is 11.6. The topological polar surface area (TPSA) is 94.2 Å². The first-order chi connectivity index (χ1) is 16.5. The Hall–Kier alpha value is -3.55. The molecule has 2 aromatic carbocycles. The lowest BCUT2D eigenvalue weighted by molar-refractivity contribution is -0.155. The predicted molar refractivity (Wildman–Crippen MR) is 133 cm³/mol. The van der Waals surface area contributed by atoms with E-state index in [4.69, 9.17) is 14.2 Å². The fraction of sp³-hybridized carbons (Fsp3) is 0.444. The van der Waals surface area contributed by atoms with Crippen molar-refractivity contribution in [3.63, 3.8) is 0 Å². The van der Waals surface area contributed by atoms with Gasteiger partial charge in [-0.1, -0.05) is 23.8 Å². The molecule has 1 heterocycles. The Morgan fingerprint density at radius 3 is 2.29 bits per heavy atom. The van der Waals surface area contributed by atoms with Crippen molar-refractivity contribution in [1.29, 1.82) is 0 Å². The van der Waals surface area contributed by atoms with Gasteiger partial charge in [-0.2, -0.15) is 0 Å². The third-order valence-electron chi connectivity index (χ3n) is 5.82. The highest BCUT2D eigenvalue weighted by atomic mass is 16.5. The summed E-state index contributed by atoms with van der Waals surface area (Å²) in [5, 5.41) is 2.78. The number of nitrogens with zero attached hydrogens (tertiary/aromatic N) is 1. The molecule has 1 aliphatic rings. The van der Waals surface area contributed by atoms with Gasteiger partial charge in [0, 0.05) is 17.6 Å². The number of carbonyl (C=O) groups excluding carboxylic acids is 3. The van der Waals surface area contributed by atoms with E-state index >= 15 is 0 Å². The minimum Gasteiger partial charge on any atom is -0.493 e. The van der Waals surface area contributed by atoms with Gasteiger partial charge in [-0.3, -0.25) is 14.4 Å². The number of ether oxygens (including phenoxy) is 3. The average Bonchev–Trinajstić information content (AvgIpc) is 2.81. The summed E-state index contributed by atoms with van der Waals surface area (Å²) in [5.74, 6) is -0.645. The fourth-order valence-corrected chi connectivity index (χ4v) is 4.27. The molecule has 1 N–H and O–H groups in total. The summed E-state index contributed by atoms with van der Waals surface area (Å²) in [6, 6.07) is 12.3. The van der Waals surface area contributed by atoms with E-state index < -0.39 is 23.5 Å². The van der Waals surface area contributed by atoms with Crippen LogP contribution in [0.5, 0.6) is 11.5 Å². The molecule has 0 bridgehead atoms. The second kappa shape index (κ2) is 10.8. The van der Waals surface area contributed by atoms with Gasteiger partial charge in [-0.05, 0) is 63.9 Å². The summed E-state index contributed by atoms with van der Waals surface area (Å²) in [6.07, 6.45) is 0.492. The summed E-state index contributed by atoms with van der Waals surface area (Å²) >= 11 is 0. The molecule has 0 unspecified atom stereocenters. The molecular weight excluding hydrogens is 448 g/mol. The monoisotopic (exact) mass is 482 g/mol. The average molecular weight is 483 g/mol. The van der Waals surface area contributed by atoms with E-state index in [0.29, 0.717) is 29.2 Å². The van der Waals surface area contributed by atoms with Gasteiger partial charge in [-0.25, -0.2) is 0 Å². The molecule has 35 heavy (non-hydrogen) atoms. The van der Waals surface area contributed by atoms with Crippen LogP contribution in [0, 0.1) is 12.8 Å². The van der Waals surface area contributed by atoms with Crippen LogP contribution in [0.3, 0.4) is 0 Å². The zero-order valence-corrected chi connectivity index (χ0v) is 21.2. The first kappa shape index (κ1) is 26.1. The highest BCUT2D eigenvalue weighted by Gasteiger charge is 2.42. The molecule has 0 spiro atoms. The Bertz CT molecular complexity index is 1070. The van der Waals surface area contributed by atoms with Crippen molar-refractivity contribution in [1.82, 2.24) is 5.32 Å². The van der Waals surface area contributed by atoms with Crippen molar-refractivity contribution < 1.29 is 28.6 Å². The lowest BCUT2D eigenvalue weighted by atomic mass is 9.83. The van der Waals surface area contributed by atoms with Crippen LogP contribution in [0.2, 0.25) is 0 Å². The number of esters is 1. The van der Waals surface area contributed by atoms with Crippen molar-refractivity contribution in [2.24, 2.45) is 5.92 Å². The van der Waals surface area contributed by atoms with E-state index in [-0.39, 0.29) is 24.8 Å². The van der Waals surface area contributed by atoms with Crippen LogP contribution in [-0.2, 0) is 19.1 Å². The van der Waals surface area contributed by atoms with Crippen LogP contribution in [0.1, 0.15) is 50.8 Å². The van der Waals surface area contributed by atoms with E-state index in [0.717, 1.165) is 5.56 Å². The Labute approximate surface area is 206 Å². The van der Waals surface area contributed by atoms with Crippen LogP contribution < -0.4 is 19.7 Å². The molecule has 0 aliphatic carbocycles. The van der Waals surface area contributed by atoms with Gasteiger partial charge in [0.2, 0.25) is 5.91 Å². The Balaban J connectivity index is 1.98. The number of benzene rings is 2. The quantitative estimate of drug-likeness (QED) is 0.601. The molecule has 1 fully saturated rings. The van der Waals surface area contributed by atoms with E-state index in [2.05, 4.69) is 5.32 Å². The number of hydrogen-bond acceptors (Lipinski definition) is 6. The van der Waals surface area contributed by atoms with E-state index in [1.54, 1.807) is 24.1 Å².